The summed E-state index contributed by atoms with van der Waals surface area (Å²) in [6.45, 7) is 3.89. The second-order valence-electron chi connectivity index (χ2n) is 4.67. The smallest absolute Gasteiger partial charge is 0.257 e. The van der Waals surface area contributed by atoms with Crippen LogP contribution in [0, 0.1) is 13.8 Å². The van der Waals surface area contributed by atoms with E-state index in [1.54, 1.807) is 13.1 Å². The maximum Gasteiger partial charge on any atom is 0.257 e. The van der Waals surface area contributed by atoms with Crippen molar-refractivity contribution in [2.75, 3.05) is 17.7 Å². The number of hydrogen-bond acceptors (Lipinski definition) is 3. The molecular weight excluding hydrogens is 354 g/mol. The number of hydrogen-bond donors (Lipinski definition) is 2. The molecule has 0 spiro atoms. The first-order valence-corrected chi connectivity index (χ1v) is 7.51. The van der Waals surface area contributed by atoms with Crippen molar-refractivity contribution in [3.05, 3.63) is 50.6 Å². The Morgan fingerprint density at radius 3 is 2.38 bits per heavy atom. The predicted molar refractivity (Wildman–Crippen MR) is 90.4 cm³/mol. The van der Waals surface area contributed by atoms with Crippen molar-refractivity contribution >= 4 is 44.9 Å². The van der Waals surface area contributed by atoms with Gasteiger partial charge in [-0.2, -0.15) is 0 Å². The van der Waals surface area contributed by atoms with Gasteiger partial charge in [0.2, 0.25) is 0 Å². The van der Waals surface area contributed by atoms with Gasteiger partial charge in [0.1, 0.15) is 5.82 Å². The number of nitrogens with one attached hydrogen (secondary N) is 2. The Kier molecular flexibility index (Phi) is 4.85. The molecule has 4 nitrogen and oxygen atoms in total. The largest absolute Gasteiger partial charge is 0.372 e. The molecule has 0 atom stereocenters. The lowest BCUT2D eigenvalue weighted by molar-refractivity contribution is 0.102. The van der Waals surface area contributed by atoms with Gasteiger partial charge >= 0.3 is 0 Å². The maximum absolute atomic E-state index is 12.3. The molecular formula is C15H15BrClN3O. The van der Waals surface area contributed by atoms with Crippen molar-refractivity contribution in [2.24, 2.45) is 0 Å². The SMILES string of the molecule is CNc1ncc(C(=O)Nc2c(C)cc(Br)cc2C)cc1Cl. The lowest BCUT2D eigenvalue weighted by Gasteiger charge is -2.13. The molecule has 2 rings (SSSR count). The molecule has 1 aromatic heterocycles. The standard InChI is InChI=1S/C15H15BrClN3O/c1-8-4-11(16)5-9(2)13(8)20-15(21)10-6-12(17)14(18-3)19-7-10/h4-7H,1-3H3,(H,18,19)(H,20,21). The van der Waals surface area contributed by atoms with Gasteiger partial charge in [-0.05, 0) is 43.2 Å². The Balaban J connectivity index is 2.28. The quantitative estimate of drug-likeness (QED) is 0.844. The first kappa shape index (κ1) is 15.8. The van der Waals surface area contributed by atoms with Gasteiger partial charge in [0.25, 0.3) is 5.91 Å². The van der Waals surface area contributed by atoms with E-state index in [9.17, 15) is 4.79 Å². The van der Waals surface area contributed by atoms with Crippen LogP contribution in [0.3, 0.4) is 0 Å². The molecule has 1 aromatic carbocycles. The summed E-state index contributed by atoms with van der Waals surface area (Å²) in [6, 6.07) is 5.51. The van der Waals surface area contributed by atoms with E-state index in [-0.39, 0.29) is 5.91 Å². The van der Waals surface area contributed by atoms with E-state index in [2.05, 4.69) is 31.5 Å². The highest BCUT2D eigenvalue weighted by atomic mass is 79.9. The van der Waals surface area contributed by atoms with Gasteiger partial charge in [0.15, 0.2) is 0 Å². The van der Waals surface area contributed by atoms with Crippen LogP contribution in [0.5, 0.6) is 0 Å². The third-order valence-electron chi connectivity index (χ3n) is 3.08. The minimum Gasteiger partial charge on any atom is -0.372 e. The van der Waals surface area contributed by atoms with E-state index < -0.39 is 0 Å². The molecule has 110 valence electrons. The number of carbonyl (C=O) groups is 1. The molecule has 21 heavy (non-hydrogen) atoms. The van der Waals surface area contributed by atoms with E-state index in [0.29, 0.717) is 16.4 Å². The average Bonchev–Trinajstić information content (AvgIpc) is 2.42. The molecule has 0 radical (unpaired) electrons. The molecule has 1 heterocycles. The van der Waals surface area contributed by atoms with Gasteiger partial charge in [0, 0.05) is 23.4 Å². The highest BCUT2D eigenvalue weighted by molar-refractivity contribution is 9.10. The molecule has 6 heteroatoms. The number of pyridine rings is 1. The Labute approximate surface area is 137 Å². The fraction of sp³-hybridized carbons (Fsp3) is 0.200. The van der Waals surface area contributed by atoms with Gasteiger partial charge in [-0.25, -0.2) is 4.98 Å². The molecule has 0 saturated carbocycles. The van der Waals surface area contributed by atoms with E-state index in [0.717, 1.165) is 21.3 Å². The molecule has 0 unspecified atom stereocenters. The third kappa shape index (κ3) is 3.54. The number of anilines is 2. The van der Waals surface area contributed by atoms with Crippen LogP contribution in [0.4, 0.5) is 11.5 Å². The van der Waals surface area contributed by atoms with Crippen molar-refractivity contribution in [1.82, 2.24) is 4.98 Å². The second kappa shape index (κ2) is 6.45. The Bertz CT molecular complexity index is 680. The van der Waals surface area contributed by atoms with Crippen LogP contribution >= 0.6 is 27.5 Å². The minimum atomic E-state index is -0.236. The van der Waals surface area contributed by atoms with Gasteiger partial charge < -0.3 is 10.6 Å². The molecule has 0 aliphatic rings. The molecule has 2 N–H and O–H groups in total. The Hall–Kier alpha value is -1.59. The summed E-state index contributed by atoms with van der Waals surface area (Å²) in [7, 11) is 1.72. The van der Waals surface area contributed by atoms with E-state index in [1.807, 2.05) is 26.0 Å². The number of carbonyl (C=O) groups excluding carboxylic acids is 1. The van der Waals surface area contributed by atoms with Crippen LogP contribution in [-0.4, -0.2) is 17.9 Å². The van der Waals surface area contributed by atoms with Gasteiger partial charge in [-0.15, -0.1) is 0 Å². The van der Waals surface area contributed by atoms with Gasteiger partial charge in [-0.1, -0.05) is 27.5 Å². The van der Waals surface area contributed by atoms with E-state index in [4.69, 9.17) is 11.6 Å². The van der Waals surface area contributed by atoms with Crippen molar-refractivity contribution < 1.29 is 4.79 Å². The van der Waals surface area contributed by atoms with Crippen LogP contribution in [0.25, 0.3) is 0 Å². The topological polar surface area (TPSA) is 54.0 Å². The highest BCUT2D eigenvalue weighted by Gasteiger charge is 2.12. The number of aryl methyl sites for hydroxylation is 2. The predicted octanol–water partition coefficient (Wildman–Crippen LogP) is 4.41. The molecule has 0 bridgehead atoms. The Morgan fingerprint density at radius 1 is 1.24 bits per heavy atom. The average molecular weight is 369 g/mol. The van der Waals surface area contributed by atoms with Crippen molar-refractivity contribution in [3.8, 4) is 0 Å². The molecule has 0 aliphatic carbocycles. The molecule has 1 amide bonds. The number of aromatic nitrogens is 1. The van der Waals surface area contributed by atoms with Crippen LogP contribution in [0.1, 0.15) is 21.5 Å². The number of rotatable bonds is 3. The lowest BCUT2D eigenvalue weighted by atomic mass is 10.1. The van der Waals surface area contributed by atoms with E-state index >= 15 is 0 Å². The zero-order valence-electron chi connectivity index (χ0n) is 11.9. The van der Waals surface area contributed by atoms with Gasteiger partial charge in [-0.3, -0.25) is 4.79 Å². The van der Waals surface area contributed by atoms with Crippen molar-refractivity contribution in [2.45, 2.75) is 13.8 Å². The summed E-state index contributed by atoms with van der Waals surface area (Å²) < 4.78 is 0.985. The zero-order chi connectivity index (χ0) is 15.6. The summed E-state index contributed by atoms with van der Waals surface area (Å²) in [5, 5.41) is 6.17. The fourth-order valence-electron chi connectivity index (χ4n) is 2.04. The first-order chi connectivity index (χ1) is 9.92. The number of halogens is 2. The minimum absolute atomic E-state index is 0.236. The first-order valence-electron chi connectivity index (χ1n) is 6.33. The van der Waals surface area contributed by atoms with Crippen molar-refractivity contribution in [1.29, 1.82) is 0 Å². The zero-order valence-corrected chi connectivity index (χ0v) is 14.3. The highest BCUT2D eigenvalue weighted by Crippen LogP contribution is 2.26. The summed E-state index contributed by atoms with van der Waals surface area (Å²) in [4.78, 5) is 16.4. The molecule has 2 aromatic rings. The lowest BCUT2D eigenvalue weighted by Crippen LogP contribution is -2.14. The fourth-order valence-corrected chi connectivity index (χ4v) is 2.99. The number of amides is 1. The number of benzene rings is 1. The summed E-state index contributed by atoms with van der Waals surface area (Å²) >= 11 is 9.49. The van der Waals surface area contributed by atoms with Crippen LogP contribution < -0.4 is 10.6 Å². The van der Waals surface area contributed by atoms with Crippen LogP contribution in [0.2, 0.25) is 5.02 Å². The molecule has 0 aliphatic heterocycles. The maximum atomic E-state index is 12.3. The third-order valence-corrected chi connectivity index (χ3v) is 3.82. The monoisotopic (exact) mass is 367 g/mol. The molecule has 0 saturated heterocycles. The van der Waals surface area contributed by atoms with Gasteiger partial charge in [0.05, 0.1) is 10.6 Å². The van der Waals surface area contributed by atoms with Crippen LogP contribution in [0.15, 0.2) is 28.9 Å². The van der Waals surface area contributed by atoms with Crippen LogP contribution in [-0.2, 0) is 0 Å². The number of nitrogens with zero attached hydrogens (tertiary/aromatic N) is 1. The summed E-state index contributed by atoms with van der Waals surface area (Å²) in [6.07, 6.45) is 1.50. The van der Waals surface area contributed by atoms with Crippen molar-refractivity contribution in [3.63, 3.8) is 0 Å². The summed E-state index contributed by atoms with van der Waals surface area (Å²) in [5.41, 5.74) is 3.19. The second-order valence-corrected chi connectivity index (χ2v) is 6.00. The molecule has 0 fully saturated rings. The van der Waals surface area contributed by atoms with E-state index in [1.165, 1.54) is 6.20 Å². The summed E-state index contributed by atoms with van der Waals surface area (Å²) in [5.74, 6) is 0.310. The Morgan fingerprint density at radius 2 is 1.86 bits per heavy atom. The normalized spacial score (nSPS) is 10.3.